The van der Waals surface area contributed by atoms with E-state index in [-0.39, 0.29) is 12.4 Å². The van der Waals surface area contributed by atoms with Gasteiger partial charge in [0.25, 0.3) is 0 Å². The minimum absolute atomic E-state index is 0. The molecule has 0 aromatic heterocycles. The molecule has 1 heterocycles. The summed E-state index contributed by atoms with van der Waals surface area (Å²) in [6, 6.07) is 7.31. The summed E-state index contributed by atoms with van der Waals surface area (Å²) in [5.74, 6) is 1.63. The van der Waals surface area contributed by atoms with Crippen LogP contribution in [0, 0.1) is 25.7 Å². The van der Waals surface area contributed by atoms with E-state index < -0.39 is 0 Å². The Hall–Kier alpha value is -0.570. The summed E-state index contributed by atoms with van der Waals surface area (Å²) < 4.78 is 0. The Kier molecular flexibility index (Phi) is 4.54. The van der Waals surface area contributed by atoms with Crippen LogP contribution in [0.15, 0.2) is 18.2 Å². The maximum absolute atomic E-state index is 6.19. The van der Waals surface area contributed by atoms with E-state index in [1.807, 2.05) is 0 Å². The van der Waals surface area contributed by atoms with Gasteiger partial charge in [-0.15, -0.1) is 12.4 Å². The van der Waals surface area contributed by atoms with E-state index in [4.69, 9.17) is 5.73 Å². The molecule has 1 aromatic rings. The normalized spacial score (nSPS) is 30.2. The van der Waals surface area contributed by atoms with Crippen molar-refractivity contribution in [2.45, 2.75) is 39.3 Å². The Morgan fingerprint density at radius 3 is 2.63 bits per heavy atom. The van der Waals surface area contributed by atoms with E-state index in [1.165, 1.54) is 42.6 Å². The van der Waals surface area contributed by atoms with E-state index in [1.54, 1.807) is 0 Å². The first kappa shape index (κ1) is 14.8. The molecule has 1 saturated heterocycles. The third kappa shape index (κ3) is 2.96. The third-order valence-corrected chi connectivity index (χ3v) is 4.97. The number of hydrogen-bond acceptors (Lipinski definition) is 2. The van der Waals surface area contributed by atoms with Crippen LogP contribution in [0.25, 0.3) is 0 Å². The molecule has 2 nitrogen and oxygen atoms in total. The minimum Gasteiger partial charge on any atom is -0.327 e. The van der Waals surface area contributed by atoms with Gasteiger partial charge in [0, 0.05) is 25.7 Å². The van der Waals surface area contributed by atoms with E-state index in [0.29, 0.717) is 6.04 Å². The lowest BCUT2D eigenvalue weighted by Crippen LogP contribution is -2.30. The van der Waals surface area contributed by atoms with E-state index in [2.05, 4.69) is 36.9 Å². The van der Waals surface area contributed by atoms with Crippen molar-refractivity contribution >= 4 is 12.4 Å². The number of nitrogens with two attached hydrogens (primary N) is 1. The lowest BCUT2D eigenvalue weighted by molar-refractivity contribution is 0.298. The van der Waals surface area contributed by atoms with Gasteiger partial charge in [0.05, 0.1) is 0 Å². The zero-order valence-corrected chi connectivity index (χ0v) is 12.7. The predicted octanol–water partition coefficient (Wildman–Crippen LogP) is 2.89. The molecule has 3 rings (SSSR count). The second-order valence-electron chi connectivity index (χ2n) is 6.28. The summed E-state index contributed by atoms with van der Waals surface area (Å²) in [6.45, 7) is 7.94. The van der Waals surface area contributed by atoms with Crippen molar-refractivity contribution in [1.82, 2.24) is 4.90 Å². The zero-order valence-electron chi connectivity index (χ0n) is 11.9. The second-order valence-corrected chi connectivity index (χ2v) is 6.28. The monoisotopic (exact) mass is 280 g/mol. The van der Waals surface area contributed by atoms with Crippen LogP contribution in [0.5, 0.6) is 0 Å². The van der Waals surface area contributed by atoms with Gasteiger partial charge < -0.3 is 5.73 Å². The van der Waals surface area contributed by atoms with Crippen LogP contribution >= 0.6 is 12.4 Å². The maximum atomic E-state index is 6.19. The minimum atomic E-state index is 0. The molecule has 2 fully saturated rings. The van der Waals surface area contributed by atoms with E-state index >= 15 is 0 Å². The Labute approximate surface area is 122 Å². The number of rotatable bonds is 2. The molecule has 2 N–H and O–H groups in total. The summed E-state index contributed by atoms with van der Waals surface area (Å²) in [7, 11) is 0. The highest BCUT2D eigenvalue weighted by Gasteiger charge is 2.40. The molecule has 1 aromatic carbocycles. The van der Waals surface area contributed by atoms with Gasteiger partial charge in [0.1, 0.15) is 0 Å². The summed E-state index contributed by atoms with van der Waals surface area (Å²) in [5, 5.41) is 0. The molecule has 0 radical (unpaired) electrons. The number of nitrogens with zero attached hydrogens (tertiary/aromatic N) is 1. The Morgan fingerprint density at radius 1 is 1.16 bits per heavy atom. The number of hydrogen-bond donors (Lipinski definition) is 1. The lowest BCUT2D eigenvalue weighted by Gasteiger charge is -2.18. The van der Waals surface area contributed by atoms with Crippen LogP contribution in [-0.2, 0) is 6.54 Å². The van der Waals surface area contributed by atoms with Gasteiger partial charge in [-0.2, -0.15) is 0 Å². The first-order valence-electron chi connectivity index (χ1n) is 7.17. The SMILES string of the molecule is Cc1ccc(CN2CC3CCC(N)C3C2)cc1C.Cl. The molecule has 3 atom stereocenters. The molecule has 1 saturated carbocycles. The van der Waals surface area contributed by atoms with Crippen molar-refractivity contribution < 1.29 is 0 Å². The van der Waals surface area contributed by atoms with Gasteiger partial charge in [0.15, 0.2) is 0 Å². The molecule has 3 unspecified atom stereocenters. The highest BCUT2D eigenvalue weighted by Crippen LogP contribution is 2.37. The van der Waals surface area contributed by atoms with Crippen LogP contribution < -0.4 is 5.73 Å². The Morgan fingerprint density at radius 2 is 1.95 bits per heavy atom. The molecular weight excluding hydrogens is 256 g/mol. The largest absolute Gasteiger partial charge is 0.327 e. The lowest BCUT2D eigenvalue weighted by atomic mass is 9.98. The first-order valence-corrected chi connectivity index (χ1v) is 7.17. The van der Waals surface area contributed by atoms with Crippen LogP contribution in [-0.4, -0.2) is 24.0 Å². The maximum Gasteiger partial charge on any atom is 0.0234 e. The first-order chi connectivity index (χ1) is 8.63. The summed E-state index contributed by atoms with van der Waals surface area (Å²) in [4.78, 5) is 2.60. The third-order valence-electron chi connectivity index (χ3n) is 4.97. The molecule has 2 aliphatic rings. The molecule has 19 heavy (non-hydrogen) atoms. The molecule has 1 aliphatic heterocycles. The fourth-order valence-corrected chi connectivity index (χ4v) is 3.69. The number of aryl methyl sites for hydroxylation is 2. The molecular formula is C16H25ClN2. The number of likely N-dealkylation sites (tertiary alicyclic amines) is 1. The highest BCUT2D eigenvalue weighted by atomic mass is 35.5. The average Bonchev–Trinajstić information content (AvgIpc) is 2.87. The fourth-order valence-electron chi connectivity index (χ4n) is 3.69. The second kappa shape index (κ2) is 5.82. The van der Waals surface area contributed by atoms with Crippen LogP contribution in [0.1, 0.15) is 29.5 Å². The smallest absolute Gasteiger partial charge is 0.0234 e. The van der Waals surface area contributed by atoms with Gasteiger partial charge in [-0.05, 0) is 55.2 Å². The van der Waals surface area contributed by atoms with Crippen LogP contribution in [0.3, 0.4) is 0 Å². The summed E-state index contributed by atoms with van der Waals surface area (Å²) >= 11 is 0. The Balaban J connectivity index is 0.00000133. The van der Waals surface area contributed by atoms with Gasteiger partial charge in [0.2, 0.25) is 0 Å². The van der Waals surface area contributed by atoms with E-state index in [9.17, 15) is 0 Å². The zero-order chi connectivity index (χ0) is 12.7. The quantitative estimate of drug-likeness (QED) is 0.903. The van der Waals surface area contributed by atoms with Gasteiger partial charge in [-0.1, -0.05) is 18.2 Å². The number of benzene rings is 1. The summed E-state index contributed by atoms with van der Waals surface area (Å²) in [5.41, 5.74) is 10.4. The number of halogens is 1. The summed E-state index contributed by atoms with van der Waals surface area (Å²) in [6.07, 6.45) is 2.59. The van der Waals surface area contributed by atoms with Gasteiger partial charge in [-0.25, -0.2) is 0 Å². The van der Waals surface area contributed by atoms with Crippen molar-refractivity contribution in [2.75, 3.05) is 13.1 Å². The van der Waals surface area contributed by atoms with E-state index in [0.717, 1.165) is 18.4 Å². The van der Waals surface area contributed by atoms with Crippen molar-refractivity contribution in [2.24, 2.45) is 17.6 Å². The standard InChI is InChI=1S/C16H24N2.ClH/c1-11-3-4-13(7-12(11)2)8-18-9-14-5-6-16(17)15(14)10-18;/h3-4,7,14-16H,5-6,8-10,17H2,1-2H3;1H. The fraction of sp³-hybridized carbons (Fsp3) is 0.625. The average molecular weight is 281 g/mol. The molecule has 0 amide bonds. The molecule has 0 spiro atoms. The van der Waals surface area contributed by atoms with Gasteiger partial charge in [-0.3, -0.25) is 4.90 Å². The van der Waals surface area contributed by atoms with Crippen molar-refractivity contribution in [3.8, 4) is 0 Å². The highest BCUT2D eigenvalue weighted by molar-refractivity contribution is 5.85. The Bertz CT molecular complexity index is 446. The molecule has 106 valence electrons. The topological polar surface area (TPSA) is 29.3 Å². The van der Waals surface area contributed by atoms with Crippen molar-refractivity contribution in [1.29, 1.82) is 0 Å². The van der Waals surface area contributed by atoms with Gasteiger partial charge >= 0.3 is 0 Å². The predicted molar refractivity (Wildman–Crippen MR) is 82.6 cm³/mol. The molecule has 3 heteroatoms. The molecule has 1 aliphatic carbocycles. The molecule has 0 bridgehead atoms. The van der Waals surface area contributed by atoms with Crippen LogP contribution in [0.2, 0.25) is 0 Å². The van der Waals surface area contributed by atoms with Crippen molar-refractivity contribution in [3.05, 3.63) is 34.9 Å². The van der Waals surface area contributed by atoms with Crippen LogP contribution in [0.4, 0.5) is 0 Å². The number of fused-ring (bicyclic) bond motifs is 1. The van der Waals surface area contributed by atoms with Crippen molar-refractivity contribution in [3.63, 3.8) is 0 Å².